The van der Waals surface area contributed by atoms with E-state index in [0.29, 0.717) is 11.6 Å². The number of hydrogen-bond donors (Lipinski definition) is 2. The lowest BCUT2D eigenvalue weighted by molar-refractivity contribution is -0.137. The first kappa shape index (κ1) is 27.0. The molecule has 0 unspecified atom stereocenters. The largest absolute Gasteiger partial charge is 0.439 e. The monoisotopic (exact) mass is 518 g/mol. The van der Waals surface area contributed by atoms with Crippen LogP contribution in [0.2, 0.25) is 5.02 Å². The minimum Gasteiger partial charge on any atom is -0.439 e. The van der Waals surface area contributed by atoms with Crippen molar-refractivity contribution in [3.05, 3.63) is 76.2 Å². The number of carbonyl (C=O) groups excluding carboxylic acids is 1. The van der Waals surface area contributed by atoms with Gasteiger partial charge in [0.05, 0.1) is 22.0 Å². The molecule has 10 heteroatoms. The average molecular weight is 519 g/mol. The van der Waals surface area contributed by atoms with Gasteiger partial charge in [0.1, 0.15) is 12.1 Å². The molecule has 0 aliphatic rings. The Morgan fingerprint density at radius 3 is 2.53 bits per heavy atom. The molecule has 1 atom stereocenters. The van der Waals surface area contributed by atoms with Gasteiger partial charge in [-0.15, -0.1) is 0 Å². The van der Waals surface area contributed by atoms with Gasteiger partial charge in [0.2, 0.25) is 5.88 Å². The Morgan fingerprint density at radius 1 is 1.14 bits per heavy atom. The van der Waals surface area contributed by atoms with Crippen LogP contribution in [0, 0.1) is 0 Å². The van der Waals surface area contributed by atoms with Crippen LogP contribution >= 0.6 is 11.6 Å². The molecule has 1 heterocycles. The van der Waals surface area contributed by atoms with Gasteiger partial charge in [0.15, 0.2) is 0 Å². The van der Waals surface area contributed by atoms with E-state index >= 15 is 0 Å². The number of allylic oxidation sites excluding steroid dienone is 1. The maximum Gasteiger partial charge on any atom is 0.416 e. The third-order valence-electron chi connectivity index (χ3n) is 5.26. The van der Waals surface area contributed by atoms with Crippen molar-refractivity contribution in [2.75, 3.05) is 10.6 Å². The molecule has 0 bridgehead atoms. The van der Waals surface area contributed by atoms with Crippen molar-refractivity contribution >= 4 is 35.1 Å². The number of alkyl halides is 3. The summed E-state index contributed by atoms with van der Waals surface area (Å²) in [6.45, 7) is 8.10. The highest BCUT2D eigenvalue weighted by Crippen LogP contribution is 2.35. The summed E-state index contributed by atoms with van der Waals surface area (Å²) in [7, 11) is 0. The lowest BCUT2D eigenvalue weighted by Gasteiger charge is -2.17. The molecule has 1 aromatic heterocycles. The zero-order valence-corrected chi connectivity index (χ0v) is 21.0. The fraction of sp³-hybridized carbons (Fsp3) is 0.269. The number of amides is 2. The molecule has 0 aliphatic heterocycles. The SMILES string of the molecule is CC[C@H](C)c1c(C=C(C)C)ncnc1Oc1ccc(NC(=O)Nc2cccc(C(F)(F)F)c2)c(Cl)c1. The van der Waals surface area contributed by atoms with Crippen molar-refractivity contribution in [3.63, 3.8) is 0 Å². The Hall–Kier alpha value is -3.59. The number of carbonyl (C=O) groups is 1. The number of aromatic nitrogens is 2. The van der Waals surface area contributed by atoms with Crippen LogP contribution in [0.5, 0.6) is 11.6 Å². The summed E-state index contributed by atoms with van der Waals surface area (Å²) >= 11 is 6.34. The number of halogens is 4. The van der Waals surface area contributed by atoms with E-state index in [-0.39, 0.29) is 22.3 Å². The normalized spacial score (nSPS) is 12.0. The Labute approximate surface area is 212 Å². The van der Waals surface area contributed by atoms with Gasteiger partial charge in [-0.3, -0.25) is 0 Å². The van der Waals surface area contributed by atoms with Gasteiger partial charge in [-0.25, -0.2) is 14.8 Å². The number of nitrogens with one attached hydrogen (secondary N) is 2. The van der Waals surface area contributed by atoms with Crippen LogP contribution in [-0.4, -0.2) is 16.0 Å². The second-order valence-electron chi connectivity index (χ2n) is 8.41. The molecule has 0 saturated heterocycles. The Morgan fingerprint density at radius 2 is 1.89 bits per heavy atom. The fourth-order valence-electron chi connectivity index (χ4n) is 3.36. The van der Waals surface area contributed by atoms with E-state index in [9.17, 15) is 18.0 Å². The molecule has 2 N–H and O–H groups in total. The van der Waals surface area contributed by atoms with E-state index in [1.54, 1.807) is 6.07 Å². The van der Waals surface area contributed by atoms with Gasteiger partial charge in [0, 0.05) is 17.3 Å². The maximum absolute atomic E-state index is 12.9. The molecule has 0 aliphatic carbocycles. The summed E-state index contributed by atoms with van der Waals surface area (Å²) in [5, 5.41) is 5.07. The summed E-state index contributed by atoms with van der Waals surface area (Å²) in [5.74, 6) is 0.948. The lowest BCUT2D eigenvalue weighted by atomic mass is 9.97. The third kappa shape index (κ3) is 6.97. The van der Waals surface area contributed by atoms with E-state index in [1.807, 2.05) is 19.9 Å². The van der Waals surface area contributed by atoms with E-state index in [0.717, 1.165) is 35.4 Å². The van der Waals surface area contributed by atoms with E-state index < -0.39 is 17.8 Å². The minimum absolute atomic E-state index is 0.00749. The summed E-state index contributed by atoms with van der Waals surface area (Å²) < 4.78 is 44.7. The number of nitrogens with zero attached hydrogens (tertiary/aromatic N) is 2. The highest BCUT2D eigenvalue weighted by Gasteiger charge is 2.30. The van der Waals surface area contributed by atoms with Crippen molar-refractivity contribution < 1.29 is 22.7 Å². The first-order chi connectivity index (χ1) is 17.0. The van der Waals surface area contributed by atoms with Crippen molar-refractivity contribution in [2.45, 2.75) is 46.2 Å². The fourth-order valence-corrected chi connectivity index (χ4v) is 3.58. The van der Waals surface area contributed by atoms with Crippen LogP contribution in [0.4, 0.5) is 29.3 Å². The van der Waals surface area contributed by atoms with Gasteiger partial charge >= 0.3 is 12.2 Å². The molecule has 0 spiro atoms. The quantitative estimate of drug-likeness (QED) is 0.328. The van der Waals surface area contributed by atoms with Crippen LogP contribution in [-0.2, 0) is 6.18 Å². The average Bonchev–Trinajstić information content (AvgIpc) is 2.80. The molecular formula is C26H26ClF3N4O2. The number of urea groups is 1. The van der Waals surface area contributed by atoms with Crippen LogP contribution < -0.4 is 15.4 Å². The van der Waals surface area contributed by atoms with Crippen LogP contribution in [0.3, 0.4) is 0 Å². The predicted molar refractivity (Wildman–Crippen MR) is 136 cm³/mol. The molecule has 2 aromatic carbocycles. The number of ether oxygens (including phenoxy) is 1. The number of benzene rings is 2. The first-order valence-electron chi connectivity index (χ1n) is 11.2. The molecule has 3 aromatic rings. The Balaban J connectivity index is 1.77. The van der Waals surface area contributed by atoms with Crippen LogP contribution in [0.25, 0.3) is 6.08 Å². The highest BCUT2D eigenvalue weighted by molar-refractivity contribution is 6.34. The minimum atomic E-state index is -4.52. The first-order valence-corrected chi connectivity index (χ1v) is 11.6. The predicted octanol–water partition coefficient (Wildman–Crippen LogP) is 8.52. The number of rotatable bonds is 7. The van der Waals surface area contributed by atoms with Gasteiger partial charge in [-0.05, 0) is 62.6 Å². The topological polar surface area (TPSA) is 76.1 Å². The molecule has 2 amide bonds. The van der Waals surface area contributed by atoms with Gasteiger partial charge in [0.25, 0.3) is 0 Å². The van der Waals surface area contributed by atoms with Gasteiger partial charge in [-0.1, -0.05) is 37.1 Å². The molecular weight excluding hydrogens is 493 g/mol. The molecule has 36 heavy (non-hydrogen) atoms. The number of hydrogen-bond acceptors (Lipinski definition) is 4. The van der Waals surface area contributed by atoms with Crippen LogP contribution in [0.15, 0.2) is 54.4 Å². The van der Waals surface area contributed by atoms with E-state index in [2.05, 4.69) is 34.4 Å². The Bertz CT molecular complexity index is 1270. The molecule has 0 fully saturated rings. The van der Waals surface area contributed by atoms with Crippen LogP contribution in [0.1, 0.15) is 56.9 Å². The molecule has 0 radical (unpaired) electrons. The smallest absolute Gasteiger partial charge is 0.416 e. The summed E-state index contributed by atoms with van der Waals surface area (Å²) in [6, 6.07) is 8.24. The standard InChI is InChI=1S/C26H26ClF3N4O2/c1-5-16(4)23-22(11-15(2)3)31-14-32-24(23)36-19-9-10-21(20(27)13-19)34-25(35)33-18-8-6-7-17(12-18)26(28,29)30/h6-14,16H,5H2,1-4H3,(H2,33,34,35)/t16-/m0/s1. The van der Waals surface area contributed by atoms with Crippen molar-refractivity contribution in [1.29, 1.82) is 0 Å². The van der Waals surface area contributed by atoms with Gasteiger partial charge in [-0.2, -0.15) is 13.2 Å². The lowest BCUT2D eigenvalue weighted by Crippen LogP contribution is -2.20. The molecule has 0 saturated carbocycles. The van der Waals surface area contributed by atoms with E-state index in [4.69, 9.17) is 16.3 Å². The third-order valence-corrected chi connectivity index (χ3v) is 5.57. The molecule has 6 nitrogen and oxygen atoms in total. The Kier molecular flexibility index (Phi) is 8.57. The maximum atomic E-state index is 12.9. The number of anilines is 2. The molecule has 190 valence electrons. The second kappa shape index (κ2) is 11.4. The van der Waals surface area contributed by atoms with Gasteiger partial charge < -0.3 is 15.4 Å². The second-order valence-corrected chi connectivity index (χ2v) is 8.82. The van der Waals surface area contributed by atoms with Crippen molar-refractivity contribution in [3.8, 4) is 11.6 Å². The highest BCUT2D eigenvalue weighted by atomic mass is 35.5. The van der Waals surface area contributed by atoms with E-state index in [1.165, 1.54) is 30.6 Å². The summed E-state index contributed by atoms with van der Waals surface area (Å²) in [5.41, 5.74) is 2.13. The van der Waals surface area contributed by atoms with Crippen molar-refractivity contribution in [1.82, 2.24) is 9.97 Å². The zero-order chi connectivity index (χ0) is 26.5. The molecule has 3 rings (SSSR count). The zero-order valence-electron chi connectivity index (χ0n) is 20.2. The summed E-state index contributed by atoms with van der Waals surface area (Å²) in [4.78, 5) is 21.0. The summed E-state index contributed by atoms with van der Waals surface area (Å²) in [6.07, 6.45) is -0.249. The van der Waals surface area contributed by atoms with Crippen molar-refractivity contribution in [2.24, 2.45) is 0 Å².